The van der Waals surface area contributed by atoms with Crippen LogP contribution in [0, 0.1) is 13.8 Å². The van der Waals surface area contributed by atoms with E-state index in [0.717, 1.165) is 59.5 Å². The lowest BCUT2D eigenvalue weighted by Gasteiger charge is -2.36. The molecule has 0 N–H and O–H groups in total. The van der Waals surface area contributed by atoms with Crippen LogP contribution in [0.15, 0.2) is 42.5 Å². The molecule has 3 aromatic carbocycles. The van der Waals surface area contributed by atoms with Crippen LogP contribution in [0.1, 0.15) is 31.8 Å². The number of hydrogen-bond donors (Lipinski definition) is 0. The fraction of sp³-hybridized carbons (Fsp3) is 0.357. The van der Waals surface area contributed by atoms with Gasteiger partial charge in [0, 0.05) is 59.5 Å². The number of aryl methyl sites for hydroxylation is 2. The van der Waals surface area contributed by atoms with Gasteiger partial charge in [-0.2, -0.15) is 0 Å². The Balaban J connectivity index is 1.56. The van der Waals surface area contributed by atoms with E-state index in [1.54, 1.807) is 0 Å². The fourth-order valence-electron chi connectivity index (χ4n) is 5.38. The number of imide groups is 1. The Kier molecular flexibility index (Phi) is 5.46. The van der Waals surface area contributed by atoms with E-state index in [4.69, 9.17) is 9.47 Å². The largest absolute Gasteiger partial charge is 0.378 e. The zero-order valence-corrected chi connectivity index (χ0v) is 20.2. The zero-order chi connectivity index (χ0) is 24.1. The van der Waals surface area contributed by atoms with Crippen LogP contribution in [0.2, 0.25) is 0 Å². The van der Waals surface area contributed by atoms with Crippen molar-refractivity contribution < 1.29 is 19.1 Å². The van der Waals surface area contributed by atoms with Gasteiger partial charge in [-0.3, -0.25) is 9.59 Å². The van der Waals surface area contributed by atoms with Crippen LogP contribution >= 0.6 is 0 Å². The second kappa shape index (κ2) is 8.66. The molecule has 0 unspecified atom stereocenters. The Morgan fingerprint density at radius 3 is 1.63 bits per heavy atom. The Morgan fingerprint density at radius 1 is 0.629 bits per heavy atom. The van der Waals surface area contributed by atoms with Gasteiger partial charge in [-0.1, -0.05) is 6.07 Å². The first-order valence-corrected chi connectivity index (χ1v) is 12.3. The van der Waals surface area contributed by atoms with Crippen LogP contribution in [0.3, 0.4) is 0 Å². The number of ether oxygens (including phenoxy) is 2. The van der Waals surface area contributed by atoms with Crippen molar-refractivity contribution in [2.75, 3.05) is 67.3 Å². The number of hydrogen-bond acceptors (Lipinski definition) is 6. The van der Waals surface area contributed by atoms with Gasteiger partial charge in [0.25, 0.3) is 11.8 Å². The molecule has 0 aromatic heterocycles. The van der Waals surface area contributed by atoms with Crippen LogP contribution in [-0.2, 0) is 9.47 Å². The quantitative estimate of drug-likeness (QED) is 0.540. The smallest absolute Gasteiger partial charge is 0.265 e. The standard InChI is InChI=1S/C28H29N3O4/c1-18-3-4-20(17-19(18)2)31-27(32)21-5-7-23(29-9-13-34-14-10-29)26-24(30-11-15-35-16-12-30)8-6-22(25(21)26)28(31)33/h3-8,17H,9-16H2,1-2H3. The minimum absolute atomic E-state index is 0.275. The molecule has 0 aliphatic carbocycles. The summed E-state index contributed by atoms with van der Waals surface area (Å²) >= 11 is 0. The van der Waals surface area contributed by atoms with Crippen LogP contribution in [0.4, 0.5) is 17.1 Å². The van der Waals surface area contributed by atoms with E-state index < -0.39 is 0 Å². The number of amides is 2. The van der Waals surface area contributed by atoms with E-state index in [1.165, 1.54) is 4.90 Å². The summed E-state index contributed by atoms with van der Waals surface area (Å²) in [6.07, 6.45) is 0. The van der Waals surface area contributed by atoms with Gasteiger partial charge in [-0.05, 0) is 61.4 Å². The molecule has 35 heavy (non-hydrogen) atoms. The summed E-state index contributed by atoms with van der Waals surface area (Å²) in [7, 11) is 0. The SMILES string of the molecule is Cc1ccc(N2C(=O)c3ccc(N4CCOCC4)c4c(N5CCOCC5)ccc(c34)C2=O)cc1C. The number of nitrogens with zero attached hydrogens (tertiary/aromatic N) is 3. The first kappa shape index (κ1) is 22.1. The molecule has 3 aromatic rings. The van der Waals surface area contributed by atoms with Gasteiger partial charge in [0.2, 0.25) is 0 Å². The van der Waals surface area contributed by atoms with Gasteiger partial charge in [0.1, 0.15) is 0 Å². The highest BCUT2D eigenvalue weighted by Gasteiger charge is 2.36. The molecule has 2 saturated heterocycles. The molecular weight excluding hydrogens is 442 g/mol. The maximum absolute atomic E-state index is 13.8. The lowest BCUT2D eigenvalue weighted by atomic mass is 9.90. The second-order valence-electron chi connectivity index (χ2n) is 9.43. The molecule has 7 nitrogen and oxygen atoms in total. The first-order chi connectivity index (χ1) is 17.0. The molecule has 2 fully saturated rings. The summed E-state index contributed by atoms with van der Waals surface area (Å²) in [6, 6.07) is 13.6. The highest BCUT2D eigenvalue weighted by molar-refractivity contribution is 6.37. The summed E-state index contributed by atoms with van der Waals surface area (Å²) < 4.78 is 11.2. The Hall–Kier alpha value is -3.42. The van der Waals surface area contributed by atoms with E-state index in [9.17, 15) is 9.59 Å². The summed E-state index contributed by atoms with van der Waals surface area (Å²) in [5, 5.41) is 1.73. The summed E-state index contributed by atoms with van der Waals surface area (Å²) in [6.45, 7) is 9.77. The first-order valence-electron chi connectivity index (χ1n) is 12.3. The van der Waals surface area contributed by atoms with Gasteiger partial charge < -0.3 is 19.3 Å². The van der Waals surface area contributed by atoms with Gasteiger partial charge in [-0.15, -0.1) is 0 Å². The zero-order valence-electron chi connectivity index (χ0n) is 20.2. The van der Waals surface area contributed by atoms with Crippen molar-refractivity contribution >= 4 is 39.6 Å². The molecule has 0 atom stereocenters. The minimum Gasteiger partial charge on any atom is -0.378 e. The normalized spacial score (nSPS) is 18.5. The van der Waals surface area contributed by atoms with E-state index >= 15 is 0 Å². The number of morpholine rings is 2. The molecule has 7 heteroatoms. The lowest BCUT2D eigenvalue weighted by molar-refractivity contribution is 0.0893. The maximum Gasteiger partial charge on any atom is 0.265 e. The molecular formula is C28H29N3O4. The highest BCUT2D eigenvalue weighted by Crippen LogP contribution is 2.43. The number of carbonyl (C=O) groups is 2. The number of carbonyl (C=O) groups excluding carboxylic acids is 2. The summed E-state index contributed by atoms with van der Waals surface area (Å²) in [5.41, 5.74) is 6.02. The van der Waals surface area contributed by atoms with Gasteiger partial charge in [0.15, 0.2) is 0 Å². The van der Waals surface area contributed by atoms with Crippen LogP contribution in [0.25, 0.3) is 10.8 Å². The minimum atomic E-state index is -0.275. The number of anilines is 3. The molecule has 180 valence electrons. The average Bonchev–Trinajstić information content (AvgIpc) is 2.90. The number of benzene rings is 3. The molecule has 6 rings (SSSR count). The second-order valence-corrected chi connectivity index (χ2v) is 9.43. The predicted octanol–water partition coefficient (Wildman–Crippen LogP) is 3.93. The third-order valence-electron chi connectivity index (χ3n) is 7.44. The Morgan fingerprint density at radius 2 is 1.14 bits per heavy atom. The molecule has 3 aliphatic heterocycles. The van der Waals surface area contributed by atoms with Gasteiger partial charge in [-0.25, -0.2) is 4.90 Å². The average molecular weight is 472 g/mol. The van der Waals surface area contributed by atoms with E-state index in [0.29, 0.717) is 43.2 Å². The van der Waals surface area contributed by atoms with Gasteiger partial charge >= 0.3 is 0 Å². The molecule has 0 saturated carbocycles. The van der Waals surface area contributed by atoms with E-state index in [1.807, 2.05) is 56.3 Å². The monoisotopic (exact) mass is 471 g/mol. The molecule has 0 bridgehead atoms. The van der Waals surface area contributed by atoms with E-state index in [-0.39, 0.29) is 11.8 Å². The van der Waals surface area contributed by atoms with Crippen LogP contribution in [-0.4, -0.2) is 64.4 Å². The van der Waals surface area contributed by atoms with Gasteiger partial charge in [0.05, 0.1) is 32.1 Å². The summed E-state index contributed by atoms with van der Waals surface area (Å²) in [4.78, 5) is 33.6. The van der Waals surface area contributed by atoms with Crippen molar-refractivity contribution in [1.82, 2.24) is 0 Å². The molecule has 3 heterocycles. The highest BCUT2D eigenvalue weighted by atomic mass is 16.5. The lowest BCUT2D eigenvalue weighted by Crippen LogP contribution is -2.42. The molecule has 0 radical (unpaired) electrons. The third kappa shape index (κ3) is 3.58. The van der Waals surface area contributed by atoms with Crippen molar-refractivity contribution in [2.24, 2.45) is 0 Å². The summed E-state index contributed by atoms with van der Waals surface area (Å²) in [5.74, 6) is -0.549. The van der Waals surface area contributed by atoms with Crippen molar-refractivity contribution in [3.63, 3.8) is 0 Å². The van der Waals surface area contributed by atoms with Crippen molar-refractivity contribution in [3.8, 4) is 0 Å². The van der Waals surface area contributed by atoms with Crippen molar-refractivity contribution in [1.29, 1.82) is 0 Å². The maximum atomic E-state index is 13.8. The fourth-order valence-corrected chi connectivity index (χ4v) is 5.38. The molecule has 3 aliphatic rings. The Bertz CT molecular complexity index is 1270. The Labute approximate surface area is 204 Å². The molecule has 2 amide bonds. The number of rotatable bonds is 3. The van der Waals surface area contributed by atoms with Crippen molar-refractivity contribution in [3.05, 3.63) is 64.7 Å². The topological polar surface area (TPSA) is 62.3 Å². The van der Waals surface area contributed by atoms with Crippen LogP contribution in [0.5, 0.6) is 0 Å². The predicted molar refractivity (Wildman–Crippen MR) is 137 cm³/mol. The third-order valence-corrected chi connectivity index (χ3v) is 7.44. The van der Waals surface area contributed by atoms with Crippen LogP contribution < -0.4 is 14.7 Å². The van der Waals surface area contributed by atoms with Crippen molar-refractivity contribution in [2.45, 2.75) is 13.8 Å². The molecule has 0 spiro atoms. The van der Waals surface area contributed by atoms with E-state index in [2.05, 4.69) is 9.80 Å².